The zero-order valence-electron chi connectivity index (χ0n) is 11.2. The molecule has 0 saturated carbocycles. The summed E-state index contributed by atoms with van der Waals surface area (Å²) in [5, 5.41) is 8.91. The molecule has 0 fully saturated rings. The maximum Gasteiger partial charge on any atom is 0.137 e. The summed E-state index contributed by atoms with van der Waals surface area (Å²) in [5.41, 5.74) is 0.616. The maximum atomic E-state index is 8.91. The molecule has 1 rings (SSSR count). The van der Waals surface area contributed by atoms with Crippen molar-refractivity contribution in [2.75, 3.05) is 18.1 Å². The van der Waals surface area contributed by atoms with Crippen molar-refractivity contribution in [2.45, 2.75) is 26.7 Å². The zero-order chi connectivity index (χ0) is 13.2. The predicted octanol–water partition coefficient (Wildman–Crippen LogP) is 4.11. The van der Waals surface area contributed by atoms with E-state index < -0.39 is 0 Å². The van der Waals surface area contributed by atoms with Crippen LogP contribution in [0, 0.1) is 17.2 Å². The Kier molecular flexibility index (Phi) is 7.36. The Morgan fingerprint density at radius 2 is 2.17 bits per heavy atom. The molecular weight excluding hydrogens is 242 g/mol. The molecule has 0 N–H and O–H groups in total. The van der Waals surface area contributed by atoms with Crippen LogP contribution in [0.4, 0.5) is 0 Å². The van der Waals surface area contributed by atoms with Crippen LogP contribution >= 0.6 is 11.8 Å². The zero-order valence-corrected chi connectivity index (χ0v) is 12.0. The van der Waals surface area contributed by atoms with Gasteiger partial charge in [0.2, 0.25) is 0 Å². The lowest BCUT2D eigenvalue weighted by molar-refractivity contribution is 0.318. The van der Waals surface area contributed by atoms with Gasteiger partial charge < -0.3 is 4.74 Å². The van der Waals surface area contributed by atoms with Gasteiger partial charge in [-0.1, -0.05) is 32.4 Å². The molecule has 1 aromatic rings. The normalized spacial score (nSPS) is 11.8. The Bertz CT molecular complexity index is 386. The molecule has 3 heteroatoms. The molecule has 1 atom stereocenters. The molecule has 0 spiro atoms. The van der Waals surface area contributed by atoms with Gasteiger partial charge in [-0.15, -0.1) is 0 Å². The monoisotopic (exact) mass is 263 g/mol. The Morgan fingerprint density at radius 1 is 1.39 bits per heavy atom. The van der Waals surface area contributed by atoms with Gasteiger partial charge in [-0.2, -0.15) is 17.0 Å². The lowest BCUT2D eigenvalue weighted by Crippen LogP contribution is -2.02. The molecule has 1 aromatic carbocycles. The van der Waals surface area contributed by atoms with Crippen LogP contribution in [0.15, 0.2) is 24.3 Å². The second kappa shape index (κ2) is 8.88. The van der Waals surface area contributed by atoms with Crippen LogP contribution in [0.2, 0.25) is 0 Å². The minimum absolute atomic E-state index is 0.616. The minimum Gasteiger partial charge on any atom is -0.492 e. The second-order valence-electron chi connectivity index (χ2n) is 4.40. The standard InChI is InChI=1S/C15H21NOS/c1-3-13(2)12-18-10-6-9-17-15-8-5-4-7-14(15)11-16/h4-5,7-8,13H,3,6,9-10,12H2,1-2H3. The average Bonchev–Trinajstić information content (AvgIpc) is 2.42. The topological polar surface area (TPSA) is 33.0 Å². The molecule has 0 aromatic heterocycles. The van der Waals surface area contributed by atoms with Crippen LogP contribution in [0.3, 0.4) is 0 Å². The summed E-state index contributed by atoms with van der Waals surface area (Å²) in [6.07, 6.45) is 2.28. The number of nitriles is 1. The van der Waals surface area contributed by atoms with E-state index in [0.29, 0.717) is 17.9 Å². The van der Waals surface area contributed by atoms with E-state index in [1.54, 1.807) is 6.07 Å². The highest BCUT2D eigenvalue weighted by Gasteiger charge is 2.02. The van der Waals surface area contributed by atoms with Crippen molar-refractivity contribution >= 4 is 11.8 Å². The van der Waals surface area contributed by atoms with Crippen molar-refractivity contribution in [1.82, 2.24) is 0 Å². The van der Waals surface area contributed by atoms with Gasteiger partial charge >= 0.3 is 0 Å². The van der Waals surface area contributed by atoms with Gasteiger partial charge in [-0.25, -0.2) is 0 Å². The van der Waals surface area contributed by atoms with Crippen LogP contribution in [0.5, 0.6) is 5.75 Å². The highest BCUT2D eigenvalue weighted by Crippen LogP contribution is 2.17. The van der Waals surface area contributed by atoms with E-state index in [4.69, 9.17) is 10.00 Å². The number of benzene rings is 1. The summed E-state index contributed by atoms with van der Waals surface area (Å²) in [7, 11) is 0. The number of hydrogen-bond donors (Lipinski definition) is 0. The van der Waals surface area contributed by atoms with E-state index in [1.807, 2.05) is 30.0 Å². The Balaban J connectivity index is 2.16. The third-order valence-electron chi connectivity index (χ3n) is 2.80. The number of rotatable bonds is 8. The smallest absolute Gasteiger partial charge is 0.137 e. The minimum atomic E-state index is 0.616. The number of thioether (sulfide) groups is 1. The Morgan fingerprint density at radius 3 is 2.89 bits per heavy atom. The highest BCUT2D eigenvalue weighted by molar-refractivity contribution is 7.99. The summed E-state index contributed by atoms with van der Waals surface area (Å²) in [6, 6.07) is 9.53. The lowest BCUT2D eigenvalue weighted by Gasteiger charge is -2.09. The molecule has 0 aliphatic heterocycles. The van der Waals surface area contributed by atoms with E-state index in [-0.39, 0.29) is 0 Å². The number of para-hydroxylation sites is 1. The number of hydrogen-bond acceptors (Lipinski definition) is 3. The van der Waals surface area contributed by atoms with Crippen molar-refractivity contribution < 1.29 is 4.74 Å². The fourth-order valence-corrected chi connectivity index (χ4v) is 2.56. The third-order valence-corrected chi connectivity index (χ3v) is 4.18. The molecule has 0 aliphatic carbocycles. The van der Waals surface area contributed by atoms with Gasteiger partial charge in [-0.3, -0.25) is 0 Å². The fraction of sp³-hybridized carbons (Fsp3) is 0.533. The molecule has 0 radical (unpaired) electrons. The first-order chi connectivity index (χ1) is 8.77. The number of nitrogens with zero attached hydrogens (tertiary/aromatic N) is 1. The van der Waals surface area contributed by atoms with E-state index in [9.17, 15) is 0 Å². The largest absolute Gasteiger partial charge is 0.492 e. The van der Waals surface area contributed by atoms with E-state index in [1.165, 1.54) is 12.2 Å². The molecular formula is C15H21NOS. The van der Waals surface area contributed by atoms with Crippen LogP contribution in [0.25, 0.3) is 0 Å². The van der Waals surface area contributed by atoms with Gasteiger partial charge in [0.05, 0.1) is 12.2 Å². The van der Waals surface area contributed by atoms with Gasteiger partial charge in [0.25, 0.3) is 0 Å². The van der Waals surface area contributed by atoms with Crippen molar-refractivity contribution in [3.05, 3.63) is 29.8 Å². The first kappa shape index (κ1) is 14.9. The summed E-state index contributed by atoms with van der Waals surface area (Å²) >= 11 is 1.99. The molecule has 1 unspecified atom stereocenters. The molecule has 0 amide bonds. The Labute approximate surface area is 114 Å². The number of ether oxygens (including phenoxy) is 1. The van der Waals surface area contributed by atoms with E-state index in [0.717, 1.165) is 18.1 Å². The van der Waals surface area contributed by atoms with Gasteiger partial charge in [0.1, 0.15) is 11.8 Å². The molecule has 0 aliphatic rings. The lowest BCUT2D eigenvalue weighted by atomic mass is 10.2. The Hall–Kier alpha value is -1.14. The summed E-state index contributed by atoms with van der Waals surface area (Å²) < 4.78 is 5.63. The SMILES string of the molecule is CCC(C)CSCCCOc1ccccc1C#N. The van der Waals surface area contributed by atoms with E-state index in [2.05, 4.69) is 19.9 Å². The third kappa shape index (κ3) is 5.46. The molecule has 0 saturated heterocycles. The van der Waals surface area contributed by atoms with Crippen molar-refractivity contribution in [3.8, 4) is 11.8 Å². The molecule has 18 heavy (non-hydrogen) atoms. The molecule has 0 bridgehead atoms. The van der Waals surface area contributed by atoms with Gasteiger partial charge in [0, 0.05) is 0 Å². The van der Waals surface area contributed by atoms with Crippen LogP contribution < -0.4 is 4.74 Å². The van der Waals surface area contributed by atoms with Gasteiger partial charge in [0.15, 0.2) is 0 Å². The summed E-state index contributed by atoms with van der Waals surface area (Å²) in [4.78, 5) is 0. The first-order valence-electron chi connectivity index (χ1n) is 6.47. The molecule has 2 nitrogen and oxygen atoms in total. The van der Waals surface area contributed by atoms with Crippen LogP contribution in [0.1, 0.15) is 32.3 Å². The quantitative estimate of drug-likeness (QED) is 0.662. The summed E-state index contributed by atoms with van der Waals surface area (Å²) in [5.74, 6) is 3.85. The van der Waals surface area contributed by atoms with Crippen molar-refractivity contribution in [1.29, 1.82) is 5.26 Å². The summed E-state index contributed by atoms with van der Waals surface area (Å²) in [6.45, 7) is 5.20. The van der Waals surface area contributed by atoms with Gasteiger partial charge in [-0.05, 0) is 36.0 Å². The second-order valence-corrected chi connectivity index (χ2v) is 5.55. The average molecular weight is 263 g/mol. The molecule has 98 valence electrons. The van der Waals surface area contributed by atoms with Crippen molar-refractivity contribution in [3.63, 3.8) is 0 Å². The first-order valence-corrected chi connectivity index (χ1v) is 7.63. The highest BCUT2D eigenvalue weighted by atomic mass is 32.2. The van der Waals surface area contributed by atoms with Crippen LogP contribution in [-0.4, -0.2) is 18.1 Å². The van der Waals surface area contributed by atoms with Crippen molar-refractivity contribution in [2.24, 2.45) is 5.92 Å². The predicted molar refractivity (Wildman–Crippen MR) is 78.0 cm³/mol. The molecule has 0 heterocycles. The fourth-order valence-electron chi connectivity index (χ4n) is 1.43. The van der Waals surface area contributed by atoms with E-state index >= 15 is 0 Å². The maximum absolute atomic E-state index is 8.91. The van der Waals surface area contributed by atoms with Crippen LogP contribution in [-0.2, 0) is 0 Å².